The maximum Gasteiger partial charge on any atom is 0.255 e. The zero-order valence-corrected chi connectivity index (χ0v) is 18.1. The van der Waals surface area contributed by atoms with Crippen LogP contribution in [0, 0.1) is 0 Å². The first kappa shape index (κ1) is 21.3. The van der Waals surface area contributed by atoms with E-state index in [4.69, 9.17) is 4.74 Å². The fourth-order valence-electron chi connectivity index (χ4n) is 3.01. The van der Waals surface area contributed by atoms with Crippen LogP contribution in [0.5, 0.6) is 5.75 Å². The van der Waals surface area contributed by atoms with E-state index in [0.717, 1.165) is 15.9 Å². The Morgan fingerprint density at radius 2 is 1.56 bits per heavy atom. The van der Waals surface area contributed by atoms with Crippen molar-refractivity contribution in [2.45, 2.75) is 5.03 Å². The molecule has 0 aliphatic heterocycles. The third-order valence-electron chi connectivity index (χ3n) is 4.62. The van der Waals surface area contributed by atoms with Crippen LogP contribution in [0.1, 0.15) is 10.4 Å². The molecule has 7 nitrogen and oxygen atoms in total. The molecular weight excluding hydrogens is 424 g/mol. The van der Waals surface area contributed by atoms with Gasteiger partial charge in [-0.15, -0.1) is 0 Å². The Balaban J connectivity index is 1.32. The minimum Gasteiger partial charge on any atom is -0.497 e. The lowest BCUT2D eigenvalue weighted by Gasteiger charge is -2.08. The molecule has 0 spiro atoms. The van der Waals surface area contributed by atoms with Crippen molar-refractivity contribution in [1.29, 1.82) is 0 Å². The van der Waals surface area contributed by atoms with Gasteiger partial charge in [-0.25, -0.2) is 9.97 Å². The van der Waals surface area contributed by atoms with Crippen LogP contribution in [0.4, 0.5) is 11.4 Å². The van der Waals surface area contributed by atoms with Crippen LogP contribution in [0.15, 0.2) is 84.1 Å². The van der Waals surface area contributed by atoms with Gasteiger partial charge in [0.25, 0.3) is 5.91 Å². The topological polar surface area (TPSA) is 93.2 Å². The second kappa shape index (κ2) is 9.93. The van der Waals surface area contributed by atoms with Gasteiger partial charge in [-0.05, 0) is 54.6 Å². The first-order valence-electron chi connectivity index (χ1n) is 9.80. The van der Waals surface area contributed by atoms with Crippen molar-refractivity contribution in [3.8, 4) is 5.75 Å². The molecule has 0 saturated heterocycles. The SMILES string of the molecule is COc1ccc(NC(=O)c2ccc(NC(=O)CSc3ncnc4ccccc34)cc2)cc1. The molecule has 0 aliphatic rings. The number of carbonyl (C=O) groups excluding carboxylic acids is 2. The lowest BCUT2D eigenvalue weighted by Crippen LogP contribution is -2.15. The number of hydrogen-bond acceptors (Lipinski definition) is 6. The van der Waals surface area contributed by atoms with Crippen molar-refractivity contribution in [3.63, 3.8) is 0 Å². The Labute approximate surface area is 189 Å². The van der Waals surface area contributed by atoms with E-state index in [9.17, 15) is 9.59 Å². The molecular formula is C24H20N4O3S. The summed E-state index contributed by atoms with van der Waals surface area (Å²) in [5, 5.41) is 7.34. The first-order chi connectivity index (χ1) is 15.6. The van der Waals surface area contributed by atoms with E-state index < -0.39 is 0 Å². The van der Waals surface area contributed by atoms with Gasteiger partial charge in [-0.2, -0.15) is 0 Å². The van der Waals surface area contributed by atoms with Gasteiger partial charge in [0, 0.05) is 22.3 Å². The minimum atomic E-state index is -0.237. The van der Waals surface area contributed by atoms with Crippen molar-refractivity contribution in [3.05, 3.63) is 84.7 Å². The van der Waals surface area contributed by atoms with Gasteiger partial charge in [0.1, 0.15) is 17.1 Å². The van der Waals surface area contributed by atoms with Crippen LogP contribution in [0.25, 0.3) is 10.9 Å². The molecule has 0 fully saturated rings. The summed E-state index contributed by atoms with van der Waals surface area (Å²) in [5.74, 6) is 0.530. The van der Waals surface area contributed by atoms with E-state index >= 15 is 0 Å². The monoisotopic (exact) mass is 444 g/mol. The molecule has 0 unspecified atom stereocenters. The van der Waals surface area contributed by atoms with Crippen molar-refractivity contribution < 1.29 is 14.3 Å². The standard InChI is InChI=1S/C24H20N4O3S/c1-31-19-12-10-18(11-13-19)28-23(30)16-6-8-17(9-7-16)27-22(29)14-32-24-20-4-2-3-5-21(20)25-15-26-24/h2-13,15H,14H2,1H3,(H,27,29)(H,28,30). The van der Waals surface area contributed by atoms with Crippen LogP contribution >= 0.6 is 11.8 Å². The number of anilines is 2. The number of hydrogen-bond donors (Lipinski definition) is 2. The molecule has 2 N–H and O–H groups in total. The molecule has 2 amide bonds. The van der Waals surface area contributed by atoms with Gasteiger partial charge >= 0.3 is 0 Å². The highest BCUT2D eigenvalue weighted by Crippen LogP contribution is 2.24. The summed E-state index contributed by atoms with van der Waals surface area (Å²) >= 11 is 1.35. The van der Waals surface area contributed by atoms with Crippen molar-refractivity contribution in [1.82, 2.24) is 9.97 Å². The molecule has 0 bridgehead atoms. The Hall–Kier alpha value is -3.91. The van der Waals surface area contributed by atoms with Gasteiger partial charge in [-0.3, -0.25) is 9.59 Å². The lowest BCUT2D eigenvalue weighted by molar-refractivity contribution is -0.113. The normalized spacial score (nSPS) is 10.5. The smallest absolute Gasteiger partial charge is 0.255 e. The number of rotatable bonds is 7. The van der Waals surface area contributed by atoms with Gasteiger partial charge < -0.3 is 15.4 Å². The first-order valence-corrected chi connectivity index (χ1v) is 10.8. The number of fused-ring (bicyclic) bond motifs is 1. The average Bonchev–Trinajstić information content (AvgIpc) is 2.83. The highest BCUT2D eigenvalue weighted by molar-refractivity contribution is 8.00. The molecule has 1 aromatic heterocycles. The molecule has 0 aliphatic carbocycles. The molecule has 1 heterocycles. The zero-order chi connectivity index (χ0) is 22.3. The summed E-state index contributed by atoms with van der Waals surface area (Å²) in [4.78, 5) is 33.3. The fraction of sp³-hybridized carbons (Fsp3) is 0.0833. The lowest BCUT2D eigenvalue weighted by atomic mass is 10.2. The summed E-state index contributed by atoms with van der Waals surface area (Å²) in [6.45, 7) is 0. The van der Waals surface area contributed by atoms with Crippen molar-refractivity contribution >= 4 is 45.9 Å². The number of amides is 2. The van der Waals surface area contributed by atoms with E-state index in [2.05, 4.69) is 20.6 Å². The molecule has 4 rings (SSSR count). The average molecular weight is 445 g/mol. The highest BCUT2D eigenvalue weighted by atomic mass is 32.2. The zero-order valence-electron chi connectivity index (χ0n) is 17.2. The van der Waals surface area contributed by atoms with Crippen LogP contribution in [0.3, 0.4) is 0 Å². The van der Waals surface area contributed by atoms with Gasteiger partial charge in [0.2, 0.25) is 5.91 Å². The Bertz CT molecular complexity index is 1240. The van der Waals surface area contributed by atoms with Crippen molar-refractivity contribution in [2.75, 3.05) is 23.5 Å². The molecule has 4 aromatic rings. The van der Waals surface area contributed by atoms with Crippen LogP contribution in [-0.4, -0.2) is 34.6 Å². The third-order valence-corrected chi connectivity index (χ3v) is 5.63. The number of ether oxygens (including phenoxy) is 1. The summed E-state index contributed by atoms with van der Waals surface area (Å²) < 4.78 is 5.11. The minimum absolute atomic E-state index is 0.159. The number of nitrogens with zero attached hydrogens (tertiary/aromatic N) is 2. The quantitative estimate of drug-likeness (QED) is 0.319. The van der Waals surface area contributed by atoms with E-state index in [1.807, 2.05) is 24.3 Å². The number of nitrogens with one attached hydrogen (secondary N) is 2. The number of methoxy groups -OCH3 is 1. The maximum atomic E-state index is 12.4. The maximum absolute atomic E-state index is 12.4. The predicted octanol–water partition coefficient (Wildman–Crippen LogP) is 4.62. The van der Waals surface area contributed by atoms with Crippen LogP contribution in [0.2, 0.25) is 0 Å². The van der Waals surface area contributed by atoms with Gasteiger partial charge in [-0.1, -0.05) is 30.0 Å². The largest absolute Gasteiger partial charge is 0.497 e. The molecule has 160 valence electrons. The van der Waals surface area contributed by atoms with Gasteiger partial charge in [0.15, 0.2) is 0 Å². The molecule has 8 heteroatoms. The molecule has 0 atom stereocenters. The number of benzene rings is 3. The highest BCUT2D eigenvalue weighted by Gasteiger charge is 2.10. The number of carbonyl (C=O) groups is 2. The van der Waals surface area contributed by atoms with Crippen LogP contribution < -0.4 is 15.4 Å². The molecule has 0 radical (unpaired) electrons. The number of thioether (sulfide) groups is 1. The summed E-state index contributed by atoms with van der Waals surface area (Å²) in [5.41, 5.74) is 2.61. The summed E-state index contributed by atoms with van der Waals surface area (Å²) in [6.07, 6.45) is 1.50. The van der Waals surface area contributed by atoms with Crippen molar-refractivity contribution in [2.24, 2.45) is 0 Å². The van der Waals surface area contributed by atoms with E-state index in [-0.39, 0.29) is 17.6 Å². The summed E-state index contributed by atoms with van der Waals surface area (Å²) in [6, 6.07) is 21.5. The fourth-order valence-corrected chi connectivity index (χ4v) is 3.80. The predicted molar refractivity (Wildman–Crippen MR) is 126 cm³/mol. The number of para-hydroxylation sites is 1. The Morgan fingerprint density at radius 1 is 0.875 bits per heavy atom. The van der Waals surface area contributed by atoms with Gasteiger partial charge in [0.05, 0.1) is 18.4 Å². The van der Waals surface area contributed by atoms with E-state index in [1.54, 1.807) is 55.6 Å². The van der Waals surface area contributed by atoms with E-state index in [0.29, 0.717) is 22.7 Å². The number of aromatic nitrogens is 2. The Kier molecular flexibility index (Phi) is 6.62. The van der Waals surface area contributed by atoms with Crippen LogP contribution in [-0.2, 0) is 4.79 Å². The molecule has 0 saturated carbocycles. The Morgan fingerprint density at radius 3 is 2.31 bits per heavy atom. The third kappa shape index (κ3) is 5.22. The molecule has 32 heavy (non-hydrogen) atoms. The van der Waals surface area contributed by atoms with E-state index in [1.165, 1.54) is 18.1 Å². The summed E-state index contributed by atoms with van der Waals surface area (Å²) in [7, 11) is 1.59. The molecule has 3 aromatic carbocycles. The second-order valence-electron chi connectivity index (χ2n) is 6.79. The second-order valence-corrected chi connectivity index (χ2v) is 7.76.